The number of nitrogens with zero attached hydrogens (tertiary/aromatic N) is 1. The molecule has 0 radical (unpaired) electrons. The Kier molecular flexibility index (Phi) is 4.15. The molecule has 0 bridgehead atoms. The number of hydrogen-bond acceptors (Lipinski definition) is 4. The van der Waals surface area contributed by atoms with Crippen LogP contribution >= 0.6 is 11.3 Å². The first-order chi connectivity index (χ1) is 10.6. The van der Waals surface area contributed by atoms with E-state index >= 15 is 0 Å². The fourth-order valence-corrected chi connectivity index (χ4v) is 3.76. The van der Waals surface area contributed by atoms with Crippen LogP contribution in [0, 0.1) is 0 Å². The van der Waals surface area contributed by atoms with E-state index in [1.165, 1.54) is 0 Å². The molecule has 1 saturated heterocycles. The average Bonchev–Trinajstić information content (AvgIpc) is 3.10. The van der Waals surface area contributed by atoms with Gasteiger partial charge < -0.3 is 10.6 Å². The zero-order chi connectivity index (χ0) is 15.6. The number of carbonyl (C=O) groups excluding carboxylic acids is 3. The van der Waals surface area contributed by atoms with Gasteiger partial charge in [-0.15, -0.1) is 11.3 Å². The molecule has 2 heterocycles. The van der Waals surface area contributed by atoms with Gasteiger partial charge >= 0.3 is 6.03 Å². The van der Waals surface area contributed by atoms with Crippen LogP contribution in [0.1, 0.15) is 37.0 Å². The second-order valence-corrected chi connectivity index (χ2v) is 6.85. The highest BCUT2D eigenvalue weighted by atomic mass is 32.1. The Morgan fingerprint density at radius 3 is 2.77 bits per heavy atom. The van der Waals surface area contributed by atoms with Crippen molar-refractivity contribution in [3.05, 3.63) is 22.4 Å². The second kappa shape index (κ2) is 6.08. The van der Waals surface area contributed by atoms with Crippen molar-refractivity contribution in [1.82, 2.24) is 15.5 Å². The van der Waals surface area contributed by atoms with Crippen LogP contribution in [0.5, 0.6) is 0 Å². The number of imide groups is 1. The summed E-state index contributed by atoms with van der Waals surface area (Å²) in [5.41, 5.74) is -0.761. The number of carbonyl (C=O) groups is 3. The Labute approximate surface area is 132 Å². The molecule has 7 heteroatoms. The normalized spacial score (nSPS) is 20.3. The first kappa shape index (κ1) is 15.0. The van der Waals surface area contributed by atoms with Gasteiger partial charge in [0.25, 0.3) is 5.91 Å². The van der Waals surface area contributed by atoms with E-state index in [0.29, 0.717) is 19.4 Å². The Morgan fingerprint density at radius 2 is 2.09 bits per heavy atom. The number of nitrogens with one attached hydrogen (secondary N) is 2. The lowest BCUT2D eigenvalue weighted by atomic mass is 9.82. The molecule has 0 aromatic carbocycles. The Morgan fingerprint density at radius 1 is 1.32 bits per heavy atom. The van der Waals surface area contributed by atoms with E-state index in [-0.39, 0.29) is 18.4 Å². The van der Waals surface area contributed by atoms with Crippen LogP contribution in [0.4, 0.5) is 4.79 Å². The van der Waals surface area contributed by atoms with Crippen LogP contribution in [-0.2, 0) is 16.1 Å². The highest BCUT2D eigenvalue weighted by Gasteiger charge is 2.51. The van der Waals surface area contributed by atoms with Gasteiger partial charge in [0.05, 0.1) is 6.54 Å². The van der Waals surface area contributed by atoms with Crippen molar-refractivity contribution < 1.29 is 14.4 Å². The highest BCUT2D eigenvalue weighted by molar-refractivity contribution is 7.09. The van der Waals surface area contributed by atoms with Crippen molar-refractivity contribution in [3.8, 4) is 0 Å². The van der Waals surface area contributed by atoms with Crippen LogP contribution < -0.4 is 10.6 Å². The molecule has 2 aliphatic rings. The molecule has 118 valence electrons. The van der Waals surface area contributed by atoms with Gasteiger partial charge in [-0.25, -0.2) is 4.79 Å². The van der Waals surface area contributed by atoms with Crippen LogP contribution in [0.2, 0.25) is 0 Å². The fourth-order valence-electron chi connectivity index (χ4n) is 3.11. The predicted molar refractivity (Wildman–Crippen MR) is 82.2 cm³/mol. The maximum atomic E-state index is 12.5. The summed E-state index contributed by atoms with van der Waals surface area (Å²) in [6.07, 6.45) is 4.30. The van der Waals surface area contributed by atoms with Gasteiger partial charge in [0.2, 0.25) is 5.91 Å². The largest absolute Gasteiger partial charge is 0.350 e. The first-order valence-corrected chi connectivity index (χ1v) is 8.42. The fraction of sp³-hybridized carbons (Fsp3) is 0.533. The summed E-state index contributed by atoms with van der Waals surface area (Å²) in [5.74, 6) is -0.562. The lowest BCUT2D eigenvalue weighted by Gasteiger charge is -2.30. The number of hydrogen-bond donors (Lipinski definition) is 2. The lowest BCUT2D eigenvalue weighted by Crippen LogP contribution is -2.49. The molecule has 6 nitrogen and oxygen atoms in total. The van der Waals surface area contributed by atoms with Crippen molar-refractivity contribution in [2.75, 3.05) is 6.54 Å². The monoisotopic (exact) mass is 321 g/mol. The van der Waals surface area contributed by atoms with Crippen molar-refractivity contribution in [2.45, 2.75) is 44.2 Å². The molecule has 2 N–H and O–H groups in total. The van der Waals surface area contributed by atoms with E-state index in [0.717, 1.165) is 29.0 Å². The molecule has 1 aliphatic carbocycles. The molecule has 22 heavy (non-hydrogen) atoms. The molecule has 0 unspecified atom stereocenters. The van der Waals surface area contributed by atoms with Crippen LogP contribution in [-0.4, -0.2) is 34.8 Å². The molecule has 1 aromatic rings. The third-order valence-electron chi connectivity index (χ3n) is 4.29. The van der Waals surface area contributed by atoms with Crippen molar-refractivity contribution >= 4 is 29.2 Å². The molecular formula is C15H19N3O3S. The van der Waals surface area contributed by atoms with E-state index < -0.39 is 11.6 Å². The Bertz CT molecular complexity index is 579. The molecule has 1 saturated carbocycles. The number of urea groups is 1. The van der Waals surface area contributed by atoms with Gasteiger partial charge in [0.15, 0.2) is 0 Å². The van der Waals surface area contributed by atoms with Crippen LogP contribution in [0.3, 0.4) is 0 Å². The number of thiophene rings is 1. The smallest absolute Gasteiger partial charge is 0.325 e. The first-order valence-electron chi connectivity index (χ1n) is 7.54. The van der Waals surface area contributed by atoms with Crippen LogP contribution in [0.25, 0.3) is 0 Å². The van der Waals surface area contributed by atoms with Crippen molar-refractivity contribution in [3.63, 3.8) is 0 Å². The van der Waals surface area contributed by atoms with Crippen molar-refractivity contribution in [1.29, 1.82) is 0 Å². The SMILES string of the molecule is O=C(CN1C(=O)NC2(CCCCC2)C1=O)NCc1cccs1. The van der Waals surface area contributed by atoms with Crippen molar-refractivity contribution in [2.24, 2.45) is 0 Å². The molecule has 1 aliphatic heterocycles. The van der Waals surface area contributed by atoms with Gasteiger partial charge in [0.1, 0.15) is 12.1 Å². The maximum absolute atomic E-state index is 12.5. The Hall–Kier alpha value is -1.89. The molecule has 4 amide bonds. The molecular weight excluding hydrogens is 302 g/mol. The van der Waals surface area contributed by atoms with Gasteiger partial charge in [-0.3, -0.25) is 14.5 Å². The van der Waals surface area contributed by atoms with Gasteiger partial charge in [-0.1, -0.05) is 25.3 Å². The lowest BCUT2D eigenvalue weighted by molar-refractivity contribution is -0.135. The van der Waals surface area contributed by atoms with Crippen LogP contribution in [0.15, 0.2) is 17.5 Å². The number of rotatable bonds is 4. The third kappa shape index (κ3) is 2.85. The van der Waals surface area contributed by atoms with Gasteiger partial charge in [0, 0.05) is 4.88 Å². The summed E-state index contributed by atoms with van der Waals surface area (Å²) in [7, 11) is 0. The third-order valence-corrected chi connectivity index (χ3v) is 5.17. The van der Waals surface area contributed by atoms with Gasteiger partial charge in [-0.2, -0.15) is 0 Å². The summed E-state index contributed by atoms with van der Waals surface area (Å²) in [5, 5.41) is 7.48. The minimum atomic E-state index is -0.761. The number of amides is 4. The van der Waals surface area contributed by atoms with E-state index in [2.05, 4.69) is 10.6 Å². The standard InChI is InChI=1S/C15H19N3O3S/c19-12(16-9-11-5-4-8-22-11)10-18-13(20)15(17-14(18)21)6-2-1-3-7-15/h4-5,8H,1-3,6-7,9-10H2,(H,16,19)(H,17,21). The van der Waals surface area contributed by atoms with Gasteiger partial charge in [-0.05, 0) is 24.3 Å². The molecule has 1 aromatic heterocycles. The van der Waals surface area contributed by atoms with E-state index in [4.69, 9.17) is 0 Å². The highest BCUT2D eigenvalue weighted by Crippen LogP contribution is 2.33. The summed E-state index contributed by atoms with van der Waals surface area (Å²) in [6.45, 7) is 0.211. The summed E-state index contributed by atoms with van der Waals surface area (Å²) < 4.78 is 0. The van der Waals surface area contributed by atoms with E-state index in [9.17, 15) is 14.4 Å². The Balaban J connectivity index is 1.58. The quantitative estimate of drug-likeness (QED) is 0.827. The zero-order valence-corrected chi connectivity index (χ0v) is 13.1. The summed E-state index contributed by atoms with van der Waals surface area (Å²) in [6, 6.07) is 3.39. The summed E-state index contributed by atoms with van der Waals surface area (Å²) in [4.78, 5) is 38.6. The molecule has 2 fully saturated rings. The van der Waals surface area contributed by atoms with E-state index in [1.54, 1.807) is 11.3 Å². The zero-order valence-electron chi connectivity index (χ0n) is 12.3. The minimum absolute atomic E-state index is 0.211. The average molecular weight is 321 g/mol. The second-order valence-electron chi connectivity index (χ2n) is 5.82. The summed E-state index contributed by atoms with van der Waals surface area (Å²) >= 11 is 1.55. The predicted octanol–water partition coefficient (Wildman–Crippen LogP) is 1.62. The minimum Gasteiger partial charge on any atom is -0.350 e. The molecule has 1 spiro atoms. The molecule has 0 atom stereocenters. The van der Waals surface area contributed by atoms with E-state index in [1.807, 2.05) is 17.5 Å². The maximum Gasteiger partial charge on any atom is 0.325 e. The topological polar surface area (TPSA) is 78.5 Å². The molecule has 3 rings (SSSR count).